The summed E-state index contributed by atoms with van der Waals surface area (Å²) in [6.07, 6.45) is 0.515. The zero-order chi connectivity index (χ0) is 12.4. The molecule has 0 aliphatic heterocycles. The van der Waals surface area contributed by atoms with Crippen LogP contribution in [-0.4, -0.2) is 19.9 Å². The zero-order valence-corrected chi connectivity index (χ0v) is 13.2. The highest BCUT2D eigenvalue weighted by Crippen LogP contribution is 1.97. The summed E-state index contributed by atoms with van der Waals surface area (Å²) in [7, 11) is -2.66. The molecule has 0 saturated carbocycles. The highest BCUT2D eigenvalue weighted by Gasteiger charge is 1.99. The highest BCUT2D eigenvalue weighted by atomic mass is 127. The number of halogens is 1. The fourth-order valence-corrected chi connectivity index (χ4v) is 1.30. The molecule has 0 saturated heterocycles. The SMILES string of the molecule is CCS(=O)(=O)CC.I.N#CCc1ccccc1. The van der Waals surface area contributed by atoms with E-state index >= 15 is 0 Å². The monoisotopic (exact) mass is 367 g/mol. The standard InChI is InChI=1S/C8H7N.C4H10O2S.HI/c9-7-6-8-4-2-1-3-5-8;1-3-7(5,6)4-2;/h1-5H,6H2;3-4H2,1-2H3;1H. The topological polar surface area (TPSA) is 57.9 Å². The smallest absolute Gasteiger partial charge is 0.149 e. The van der Waals surface area contributed by atoms with Crippen molar-refractivity contribution in [3.63, 3.8) is 0 Å². The van der Waals surface area contributed by atoms with Crippen LogP contribution in [0.4, 0.5) is 0 Å². The maximum Gasteiger partial charge on any atom is 0.149 e. The van der Waals surface area contributed by atoms with Crippen molar-refractivity contribution in [3.8, 4) is 6.07 Å². The van der Waals surface area contributed by atoms with E-state index in [1.54, 1.807) is 13.8 Å². The molecule has 1 aromatic rings. The van der Waals surface area contributed by atoms with E-state index in [2.05, 4.69) is 6.07 Å². The summed E-state index contributed by atoms with van der Waals surface area (Å²) in [6, 6.07) is 11.8. The maximum absolute atomic E-state index is 10.4. The van der Waals surface area contributed by atoms with Crippen molar-refractivity contribution >= 4 is 33.8 Å². The second-order valence-electron chi connectivity index (χ2n) is 3.14. The molecule has 0 aromatic heterocycles. The molecular weight excluding hydrogens is 349 g/mol. The van der Waals surface area contributed by atoms with Crippen molar-refractivity contribution in [1.82, 2.24) is 0 Å². The first kappa shape index (κ1) is 18.7. The number of hydrogen-bond donors (Lipinski definition) is 0. The van der Waals surface area contributed by atoms with E-state index in [1.165, 1.54) is 0 Å². The van der Waals surface area contributed by atoms with E-state index in [4.69, 9.17) is 5.26 Å². The van der Waals surface area contributed by atoms with Gasteiger partial charge >= 0.3 is 0 Å². The molecule has 0 fully saturated rings. The molecular formula is C12H18INO2S. The Balaban J connectivity index is 0. The Labute approximate surface area is 121 Å². The van der Waals surface area contributed by atoms with E-state index < -0.39 is 9.84 Å². The Hall–Kier alpha value is -0.610. The minimum absolute atomic E-state index is 0. The number of benzene rings is 1. The molecule has 0 heterocycles. The van der Waals surface area contributed by atoms with Crippen LogP contribution in [0.25, 0.3) is 0 Å². The van der Waals surface area contributed by atoms with Crippen LogP contribution in [0.1, 0.15) is 19.4 Å². The minimum atomic E-state index is -2.66. The van der Waals surface area contributed by atoms with E-state index in [0.717, 1.165) is 5.56 Å². The molecule has 0 bridgehead atoms. The van der Waals surface area contributed by atoms with Gasteiger partial charge in [0.2, 0.25) is 0 Å². The van der Waals surface area contributed by atoms with Gasteiger partial charge < -0.3 is 0 Å². The third-order valence-corrected chi connectivity index (χ3v) is 3.76. The summed E-state index contributed by atoms with van der Waals surface area (Å²) < 4.78 is 20.7. The zero-order valence-electron chi connectivity index (χ0n) is 10.1. The van der Waals surface area contributed by atoms with Gasteiger partial charge in [0.1, 0.15) is 9.84 Å². The van der Waals surface area contributed by atoms with Gasteiger partial charge in [0.15, 0.2) is 0 Å². The average molecular weight is 367 g/mol. The van der Waals surface area contributed by atoms with Crippen LogP contribution in [0, 0.1) is 11.3 Å². The van der Waals surface area contributed by atoms with E-state index in [1.807, 2.05) is 30.3 Å². The molecule has 0 N–H and O–H groups in total. The molecule has 5 heteroatoms. The van der Waals surface area contributed by atoms with Crippen molar-refractivity contribution in [1.29, 1.82) is 5.26 Å². The van der Waals surface area contributed by atoms with Crippen molar-refractivity contribution in [2.75, 3.05) is 11.5 Å². The molecule has 1 aromatic carbocycles. The highest BCUT2D eigenvalue weighted by molar-refractivity contribution is 14.0. The van der Waals surface area contributed by atoms with E-state index in [0.29, 0.717) is 6.42 Å². The van der Waals surface area contributed by atoms with E-state index in [9.17, 15) is 8.42 Å². The summed E-state index contributed by atoms with van der Waals surface area (Å²) in [4.78, 5) is 0. The maximum atomic E-state index is 10.4. The van der Waals surface area contributed by atoms with Gasteiger partial charge in [0.05, 0.1) is 12.5 Å². The number of nitriles is 1. The Morgan fingerprint density at radius 2 is 1.59 bits per heavy atom. The summed E-state index contributed by atoms with van der Waals surface area (Å²) in [5.41, 5.74) is 1.08. The van der Waals surface area contributed by atoms with Gasteiger partial charge in [-0.1, -0.05) is 44.2 Å². The molecule has 1 rings (SSSR count). The van der Waals surface area contributed by atoms with Gasteiger partial charge in [-0.25, -0.2) is 8.42 Å². The number of rotatable bonds is 3. The first-order valence-corrected chi connectivity index (χ1v) is 6.99. The predicted molar refractivity (Wildman–Crippen MR) is 81.2 cm³/mol. The number of hydrogen-bond acceptors (Lipinski definition) is 3. The average Bonchev–Trinajstić information content (AvgIpc) is 2.32. The quantitative estimate of drug-likeness (QED) is 0.772. The molecule has 0 amide bonds. The van der Waals surface area contributed by atoms with E-state index in [-0.39, 0.29) is 35.5 Å². The Bertz CT molecular complexity index is 414. The van der Waals surface area contributed by atoms with Crippen molar-refractivity contribution in [2.24, 2.45) is 0 Å². The molecule has 17 heavy (non-hydrogen) atoms. The Kier molecular flexibility index (Phi) is 11.6. The Morgan fingerprint density at radius 3 is 1.88 bits per heavy atom. The largest absolute Gasteiger partial charge is 0.229 e. The summed E-state index contributed by atoms with van der Waals surface area (Å²) in [6.45, 7) is 3.30. The van der Waals surface area contributed by atoms with Crippen molar-refractivity contribution < 1.29 is 8.42 Å². The summed E-state index contributed by atoms with van der Waals surface area (Å²) >= 11 is 0. The molecule has 0 aliphatic rings. The van der Waals surface area contributed by atoms with Crippen LogP contribution >= 0.6 is 24.0 Å². The summed E-state index contributed by atoms with van der Waals surface area (Å²) in [5, 5.41) is 8.27. The Morgan fingerprint density at radius 1 is 1.12 bits per heavy atom. The van der Waals surface area contributed by atoms with Gasteiger partial charge in [-0.05, 0) is 5.56 Å². The minimum Gasteiger partial charge on any atom is -0.229 e. The van der Waals surface area contributed by atoms with Crippen molar-refractivity contribution in [2.45, 2.75) is 20.3 Å². The van der Waals surface area contributed by atoms with Crippen LogP contribution in [-0.2, 0) is 16.3 Å². The van der Waals surface area contributed by atoms with Crippen LogP contribution in [0.5, 0.6) is 0 Å². The third kappa shape index (κ3) is 10.3. The molecule has 96 valence electrons. The molecule has 0 atom stereocenters. The van der Waals surface area contributed by atoms with Gasteiger partial charge in [-0.3, -0.25) is 0 Å². The first-order chi connectivity index (χ1) is 7.55. The molecule has 0 aliphatic carbocycles. The molecule has 3 nitrogen and oxygen atoms in total. The van der Waals surface area contributed by atoms with Gasteiger partial charge in [-0.2, -0.15) is 5.26 Å². The van der Waals surface area contributed by atoms with Crippen molar-refractivity contribution in [3.05, 3.63) is 35.9 Å². The van der Waals surface area contributed by atoms with Gasteiger partial charge in [0, 0.05) is 11.5 Å². The summed E-state index contributed by atoms with van der Waals surface area (Å²) in [5.74, 6) is 0.535. The fourth-order valence-electron chi connectivity index (χ4n) is 0.891. The lowest BCUT2D eigenvalue weighted by Crippen LogP contribution is -2.04. The lowest BCUT2D eigenvalue weighted by atomic mass is 10.2. The van der Waals surface area contributed by atoms with Crippen LogP contribution < -0.4 is 0 Å². The number of nitrogens with zero attached hydrogens (tertiary/aromatic N) is 1. The lowest BCUT2D eigenvalue weighted by molar-refractivity contribution is 0.598. The van der Waals surface area contributed by atoms with Gasteiger partial charge in [0.25, 0.3) is 0 Å². The fraction of sp³-hybridized carbons (Fsp3) is 0.417. The lowest BCUT2D eigenvalue weighted by Gasteiger charge is -1.89. The normalized spacial score (nSPS) is 9.24. The first-order valence-electron chi connectivity index (χ1n) is 5.17. The van der Waals surface area contributed by atoms with Crippen LogP contribution in [0.3, 0.4) is 0 Å². The molecule has 0 unspecified atom stereocenters. The number of sulfone groups is 1. The second kappa shape index (κ2) is 10.5. The molecule has 0 spiro atoms. The molecule has 0 radical (unpaired) electrons. The van der Waals surface area contributed by atoms with Crippen LogP contribution in [0.2, 0.25) is 0 Å². The predicted octanol–water partition coefficient (Wildman–Crippen LogP) is 2.81. The van der Waals surface area contributed by atoms with Crippen LogP contribution in [0.15, 0.2) is 30.3 Å². The third-order valence-electron chi connectivity index (χ3n) is 2.01. The second-order valence-corrected chi connectivity index (χ2v) is 5.78. The van der Waals surface area contributed by atoms with Gasteiger partial charge in [-0.15, -0.1) is 24.0 Å².